The van der Waals surface area contributed by atoms with E-state index in [2.05, 4.69) is 62.3 Å². The molecule has 0 aliphatic carbocycles. The lowest BCUT2D eigenvalue weighted by Crippen LogP contribution is -2.44. The van der Waals surface area contributed by atoms with Crippen LogP contribution in [-0.2, 0) is 6.42 Å². The van der Waals surface area contributed by atoms with Crippen molar-refractivity contribution in [1.29, 1.82) is 0 Å². The van der Waals surface area contributed by atoms with E-state index in [0.717, 1.165) is 66.8 Å². The molecule has 6 rings (SSSR count). The van der Waals surface area contributed by atoms with Crippen LogP contribution >= 0.6 is 11.3 Å². The van der Waals surface area contributed by atoms with Crippen LogP contribution in [0.25, 0.3) is 27.3 Å². The number of para-hydroxylation sites is 3. The maximum absolute atomic E-state index is 13.0. The zero-order chi connectivity index (χ0) is 27.2. The van der Waals surface area contributed by atoms with Gasteiger partial charge in [0.25, 0.3) is 5.91 Å². The number of hydrogen-bond donors (Lipinski definition) is 2. The van der Waals surface area contributed by atoms with Gasteiger partial charge >= 0.3 is 0 Å². The number of piperazine rings is 1. The second kappa shape index (κ2) is 12.5. The van der Waals surface area contributed by atoms with Gasteiger partial charge in [0.1, 0.15) is 5.69 Å². The molecule has 1 aliphatic rings. The van der Waals surface area contributed by atoms with E-state index in [1.54, 1.807) is 11.3 Å². The predicted octanol–water partition coefficient (Wildman–Crippen LogP) is 5.37. The van der Waals surface area contributed by atoms with Crippen LogP contribution in [-0.4, -0.2) is 62.9 Å². The minimum absolute atomic E-state index is 0.277. The summed E-state index contributed by atoms with van der Waals surface area (Å²) in [5.74, 6) is 0.536. The van der Waals surface area contributed by atoms with Crippen molar-refractivity contribution in [2.24, 2.45) is 5.92 Å². The summed E-state index contributed by atoms with van der Waals surface area (Å²) in [6.45, 7) is 11.8. The molecule has 1 saturated heterocycles. The van der Waals surface area contributed by atoms with Crippen molar-refractivity contribution >= 4 is 38.9 Å². The SMILES string of the molecule is CC(C)C.O=C(Nc1ccccc1-c1cn2c(CCN3CCNCC3)csc2n1)c1cnc2ccccc2n1. The van der Waals surface area contributed by atoms with Crippen molar-refractivity contribution in [3.63, 3.8) is 0 Å². The standard InChI is InChI=1S/C26H25N7OS.C4H10/c34-25(23-15-28-21-7-3-4-8-22(21)29-23)30-20-6-2-1-5-19(20)24-16-33-18(17-35-26(33)31-24)9-12-32-13-10-27-11-14-32;1-4(2)3/h1-8,15-17,27H,9-14H2,(H,30,34);4H,1-3H3. The Balaban J connectivity index is 0.000000723. The Morgan fingerprint density at radius 1 is 1.03 bits per heavy atom. The molecule has 0 unspecified atom stereocenters. The number of amides is 1. The summed E-state index contributed by atoms with van der Waals surface area (Å²) in [6, 6.07) is 15.2. The van der Waals surface area contributed by atoms with Gasteiger partial charge < -0.3 is 15.5 Å². The number of imidazole rings is 1. The highest BCUT2D eigenvalue weighted by Gasteiger charge is 2.17. The Bertz CT molecular complexity index is 1550. The molecule has 0 atom stereocenters. The second-order valence-corrected chi connectivity index (χ2v) is 11.2. The van der Waals surface area contributed by atoms with Crippen molar-refractivity contribution in [2.75, 3.05) is 38.0 Å². The summed E-state index contributed by atoms with van der Waals surface area (Å²) in [7, 11) is 0. The molecule has 4 heterocycles. The molecular weight excluding hydrogens is 506 g/mol. The van der Waals surface area contributed by atoms with E-state index in [1.807, 2.05) is 48.5 Å². The summed E-state index contributed by atoms with van der Waals surface area (Å²) < 4.78 is 2.18. The van der Waals surface area contributed by atoms with Gasteiger partial charge in [-0.1, -0.05) is 51.1 Å². The number of fused-ring (bicyclic) bond motifs is 2. The summed E-state index contributed by atoms with van der Waals surface area (Å²) in [5.41, 5.74) is 5.39. The molecule has 1 aliphatic heterocycles. The molecule has 0 bridgehead atoms. The Kier molecular flexibility index (Phi) is 8.61. The number of benzene rings is 2. The van der Waals surface area contributed by atoms with E-state index in [-0.39, 0.29) is 11.6 Å². The lowest BCUT2D eigenvalue weighted by atomic mass is 10.1. The van der Waals surface area contributed by atoms with Gasteiger partial charge in [-0.15, -0.1) is 11.3 Å². The van der Waals surface area contributed by atoms with Crippen LogP contribution in [0.2, 0.25) is 0 Å². The van der Waals surface area contributed by atoms with Crippen LogP contribution in [0.1, 0.15) is 37.0 Å². The van der Waals surface area contributed by atoms with Crippen LogP contribution in [0.5, 0.6) is 0 Å². The summed E-state index contributed by atoms with van der Waals surface area (Å²) >= 11 is 1.65. The van der Waals surface area contributed by atoms with E-state index in [0.29, 0.717) is 11.2 Å². The van der Waals surface area contributed by atoms with Gasteiger partial charge in [0.15, 0.2) is 4.96 Å². The van der Waals surface area contributed by atoms with Gasteiger partial charge in [0.05, 0.1) is 28.6 Å². The van der Waals surface area contributed by atoms with Crippen LogP contribution < -0.4 is 10.6 Å². The smallest absolute Gasteiger partial charge is 0.275 e. The molecule has 202 valence electrons. The first-order valence-corrected chi connectivity index (χ1v) is 14.4. The highest BCUT2D eigenvalue weighted by molar-refractivity contribution is 7.15. The Labute approximate surface area is 233 Å². The zero-order valence-corrected chi connectivity index (χ0v) is 23.5. The largest absolute Gasteiger partial charge is 0.320 e. The fraction of sp³-hybridized carbons (Fsp3) is 0.333. The van der Waals surface area contributed by atoms with Crippen LogP contribution in [0.3, 0.4) is 0 Å². The molecule has 0 saturated carbocycles. The third-order valence-corrected chi connectivity index (χ3v) is 7.20. The van der Waals surface area contributed by atoms with Gasteiger partial charge in [-0.3, -0.25) is 14.2 Å². The lowest BCUT2D eigenvalue weighted by Gasteiger charge is -2.26. The van der Waals surface area contributed by atoms with Gasteiger partial charge in [-0.2, -0.15) is 0 Å². The number of hydrogen-bond acceptors (Lipinski definition) is 7. The number of rotatable bonds is 6. The average Bonchev–Trinajstić information content (AvgIpc) is 3.53. The molecule has 0 radical (unpaired) electrons. The maximum atomic E-state index is 13.0. The molecule has 0 spiro atoms. The monoisotopic (exact) mass is 541 g/mol. The normalized spacial score (nSPS) is 13.9. The van der Waals surface area contributed by atoms with Gasteiger partial charge in [-0.05, 0) is 24.1 Å². The number of carbonyl (C=O) groups is 1. The molecule has 9 heteroatoms. The number of anilines is 1. The number of nitrogens with zero attached hydrogens (tertiary/aromatic N) is 5. The molecule has 3 aromatic heterocycles. The summed E-state index contributed by atoms with van der Waals surface area (Å²) in [5, 5.41) is 8.61. The molecule has 1 amide bonds. The van der Waals surface area contributed by atoms with Crippen LogP contribution in [0.15, 0.2) is 66.3 Å². The molecule has 8 nitrogen and oxygen atoms in total. The minimum Gasteiger partial charge on any atom is -0.320 e. The second-order valence-electron chi connectivity index (χ2n) is 10.3. The fourth-order valence-corrected chi connectivity index (χ4v) is 5.32. The maximum Gasteiger partial charge on any atom is 0.275 e. The number of aromatic nitrogens is 4. The highest BCUT2D eigenvalue weighted by atomic mass is 32.1. The van der Waals surface area contributed by atoms with Crippen LogP contribution in [0, 0.1) is 5.92 Å². The first-order valence-electron chi connectivity index (χ1n) is 13.5. The third kappa shape index (κ3) is 6.68. The molecule has 5 aromatic rings. The number of thiazole rings is 1. The third-order valence-electron chi connectivity index (χ3n) is 6.31. The Morgan fingerprint density at radius 2 is 1.74 bits per heavy atom. The topological polar surface area (TPSA) is 87.5 Å². The van der Waals surface area contributed by atoms with Crippen molar-refractivity contribution in [3.05, 3.63) is 77.7 Å². The van der Waals surface area contributed by atoms with Crippen molar-refractivity contribution in [3.8, 4) is 11.3 Å². The molecule has 39 heavy (non-hydrogen) atoms. The first-order chi connectivity index (χ1) is 19.0. The van der Waals surface area contributed by atoms with E-state index in [4.69, 9.17) is 4.98 Å². The number of nitrogens with one attached hydrogen (secondary N) is 2. The van der Waals surface area contributed by atoms with Gasteiger partial charge in [0.2, 0.25) is 0 Å². The zero-order valence-electron chi connectivity index (χ0n) is 22.7. The average molecular weight is 542 g/mol. The molecule has 1 fully saturated rings. The van der Waals surface area contributed by atoms with Gasteiger partial charge in [-0.25, -0.2) is 9.97 Å². The molecule has 2 aromatic carbocycles. The highest BCUT2D eigenvalue weighted by Crippen LogP contribution is 2.30. The first kappa shape index (κ1) is 26.9. The fourth-order valence-electron chi connectivity index (χ4n) is 4.41. The van der Waals surface area contributed by atoms with E-state index in [9.17, 15) is 4.79 Å². The Hall–Kier alpha value is -3.66. The van der Waals surface area contributed by atoms with E-state index in [1.165, 1.54) is 11.9 Å². The molecule has 2 N–H and O–H groups in total. The molecular formula is C30H35N7OS. The minimum atomic E-state index is -0.298. The Morgan fingerprint density at radius 3 is 2.54 bits per heavy atom. The predicted molar refractivity (Wildman–Crippen MR) is 160 cm³/mol. The number of carbonyl (C=O) groups excluding carboxylic acids is 1. The quantitative estimate of drug-likeness (QED) is 0.301. The van der Waals surface area contributed by atoms with Crippen molar-refractivity contribution in [1.82, 2.24) is 29.6 Å². The van der Waals surface area contributed by atoms with Gasteiger partial charge in [0, 0.05) is 62.0 Å². The van der Waals surface area contributed by atoms with Crippen molar-refractivity contribution < 1.29 is 4.79 Å². The van der Waals surface area contributed by atoms with E-state index < -0.39 is 0 Å². The lowest BCUT2D eigenvalue weighted by molar-refractivity contribution is 0.102. The van der Waals surface area contributed by atoms with E-state index >= 15 is 0 Å². The summed E-state index contributed by atoms with van der Waals surface area (Å²) in [4.78, 5) is 30.2. The van der Waals surface area contributed by atoms with Crippen molar-refractivity contribution in [2.45, 2.75) is 27.2 Å². The van der Waals surface area contributed by atoms with Crippen LogP contribution in [0.4, 0.5) is 5.69 Å². The summed E-state index contributed by atoms with van der Waals surface area (Å²) in [6.07, 6.45) is 4.56.